The van der Waals surface area contributed by atoms with Crippen LogP contribution in [0.5, 0.6) is 0 Å². The van der Waals surface area contributed by atoms with Crippen LogP contribution in [0.2, 0.25) is 0 Å². The number of rotatable bonds is 5. The molecule has 1 unspecified atom stereocenters. The van der Waals surface area contributed by atoms with Gasteiger partial charge in [-0.1, -0.05) is 12.1 Å². The standard InChI is InChI=1S/C16H19BrN2S/c1-11(18)12-4-7-16(15(17)9-12)19(13-5-6-13)10-14-3-2-8-20-14/h2-4,7-9,11,13H,5-6,10,18H2,1H3. The number of anilines is 1. The first kappa shape index (κ1) is 14.1. The van der Waals surface area contributed by atoms with Crippen molar-refractivity contribution < 1.29 is 0 Å². The van der Waals surface area contributed by atoms with Crippen LogP contribution >= 0.6 is 27.3 Å². The van der Waals surface area contributed by atoms with E-state index in [0.29, 0.717) is 6.04 Å². The van der Waals surface area contributed by atoms with Crippen LogP contribution in [0.4, 0.5) is 5.69 Å². The van der Waals surface area contributed by atoms with Crippen LogP contribution in [0.1, 0.15) is 36.2 Å². The lowest BCUT2D eigenvalue weighted by Gasteiger charge is -2.26. The number of hydrogen-bond acceptors (Lipinski definition) is 3. The van der Waals surface area contributed by atoms with Crippen molar-refractivity contribution in [2.24, 2.45) is 5.73 Å². The van der Waals surface area contributed by atoms with E-state index in [9.17, 15) is 0 Å². The van der Waals surface area contributed by atoms with Crippen molar-refractivity contribution in [3.8, 4) is 0 Å². The average molecular weight is 351 g/mol. The van der Waals surface area contributed by atoms with Gasteiger partial charge in [-0.2, -0.15) is 0 Å². The number of halogens is 1. The number of nitrogens with zero attached hydrogens (tertiary/aromatic N) is 1. The van der Waals surface area contributed by atoms with Gasteiger partial charge in [-0.25, -0.2) is 0 Å². The average Bonchev–Trinajstić information content (AvgIpc) is 3.14. The third kappa shape index (κ3) is 3.08. The Bertz CT molecular complexity index is 576. The molecule has 1 atom stereocenters. The van der Waals surface area contributed by atoms with Gasteiger partial charge >= 0.3 is 0 Å². The van der Waals surface area contributed by atoms with Gasteiger partial charge < -0.3 is 10.6 Å². The van der Waals surface area contributed by atoms with Crippen molar-refractivity contribution in [2.45, 2.75) is 38.4 Å². The maximum Gasteiger partial charge on any atom is 0.0526 e. The molecule has 1 heterocycles. The second kappa shape index (κ2) is 5.88. The minimum Gasteiger partial charge on any atom is -0.362 e. The molecule has 3 rings (SSSR count). The van der Waals surface area contributed by atoms with E-state index in [4.69, 9.17) is 5.73 Å². The first-order valence-electron chi connectivity index (χ1n) is 6.99. The fourth-order valence-electron chi connectivity index (χ4n) is 2.41. The molecule has 2 N–H and O–H groups in total. The van der Waals surface area contributed by atoms with Crippen LogP contribution < -0.4 is 10.6 Å². The summed E-state index contributed by atoms with van der Waals surface area (Å²) in [6.07, 6.45) is 2.60. The maximum absolute atomic E-state index is 5.96. The van der Waals surface area contributed by atoms with Crippen molar-refractivity contribution in [1.82, 2.24) is 0 Å². The number of thiophene rings is 1. The molecule has 1 saturated carbocycles. The molecule has 0 bridgehead atoms. The third-order valence-electron chi connectivity index (χ3n) is 3.70. The van der Waals surface area contributed by atoms with Crippen LogP contribution in [0, 0.1) is 0 Å². The molecule has 1 aromatic heterocycles. The molecular formula is C16H19BrN2S. The summed E-state index contributed by atoms with van der Waals surface area (Å²) >= 11 is 5.55. The molecule has 1 fully saturated rings. The van der Waals surface area contributed by atoms with E-state index in [0.717, 1.165) is 11.0 Å². The summed E-state index contributed by atoms with van der Waals surface area (Å²) < 4.78 is 1.15. The molecule has 2 aromatic rings. The smallest absolute Gasteiger partial charge is 0.0526 e. The molecule has 0 radical (unpaired) electrons. The minimum absolute atomic E-state index is 0.0759. The lowest BCUT2D eigenvalue weighted by atomic mass is 10.1. The zero-order valence-electron chi connectivity index (χ0n) is 11.6. The SMILES string of the molecule is CC(N)c1ccc(N(Cc2cccs2)C2CC2)c(Br)c1. The summed E-state index contributed by atoms with van der Waals surface area (Å²) in [6.45, 7) is 3.02. The highest BCUT2D eigenvalue weighted by molar-refractivity contribution is 9.10. The topological polar surface area (TPSA) is 29.3 Å². The van der Waals surface area contributed by atoms with Crippen LogP contribution in [-0.2, 0) is 6.54 Å². The Kier molecular flexibility index (Phi) is 4.15. The molecule has 0 aliphatic heterocycles. The van der Waals surface area contributed by atoms with Gasteiger partial charge in [0.25, 0.3) is 0 Å². The van der Waals surface area contributed by atoms with Crippen LogP contribution in [0.25, 0.3) is 0 Å². The second-order valence-electron chi connectivity index (χ2n) is 5.44. The lowest BCUT2D eigenvalue weighted by molar-refractivity contribution is 0.793. The summed E-state index contributed by atoms with van der Waals surface area (Å²) in [5.41, 5.74) is 8.41. The molecular weight excluding hydrogens is 332 g/mol. The Morgan fingerprint density at radius 3 is 2.75 bits per heavy atom. The number of nitrogens with two attached hydrogens (primary N) is 1. The van der Waals surface area contributed by atoms with E-state index < -0.39 is 0 Å². The summed E-state index contributed by atoms with van der Waals surface area (Å²) in [6, 6.07) is 11.6. The quantitative estimate of drug-likeness (QED) is 0.846. The lowest BCUT2D eigenvalue weighted by Crippen LogP contribution is -2.25. The highest BCUT2D eigenvalue weighted by Crippen LogP contribution is 2.38. The van der Waals surface area contributed by atoms with Crippen molar-refractivity contribution in [3.05, 3.63) is 50.6 Å². The molecule has 106 valence electrons. The largest absolute Gasteiger partial charge is 0.362 e. The molecule has 2 nitrogen and oxygen atoms in total. The Labute approximate surface area is 132 Å². The van der Waals surface area contributed by atoms with Crippen LogP contribution in [-0.4, -0.2) is 6.04 Å². The monoisotopic (exact) mass is 350 g/mol. The molecule has 0 saturated heterocycles. The number of benzene rings is 1. The summed E-state index contributed by atoms with van der Waals surface area (Å²) in [4.78, 5) is 3.93. The first-order chi connectivity index (χ1) is 9.65. The van der Waals surface area contributed by atoms with Gasteiger partial charge in [0.15, 0.2) is 0 Å². The van der Waals surface area contributed by atoms with Gasteiger partial charge in [-0.3, -0.25) is 0 Å². The van der Waals surface area contributed by atoms with E-state index in [1.54, 1.807) is 0 Å². The highest BCUT2D eigenvalue weighted by Gasteiger charge is 2.30. The number of hydrogen-bond donors (Lipinski definition) is 1. The summed E-state index contributed by atoms with van der Waals surface area (Å²) in [7, 11) is 0. The second-order valence-corrected chi connectivity index (χ2v) is 7.32. The first-order valence-corrected chi connectivity index (χ1v) is 8.66. The predicted octanol–water partition coefficient (Wildman–Crippen LogP) is 4.70. The van der Waals surface area contributed by atoms with Crippen molar-refractivity contribution in [2.75, 3.05) is 4.90 Å². The van der Waals surface area contributed by atoms with E-state index in [1.807, 2.05) is 18.3 Å². The minimum atomic E-state index is 0.0759. The zero-order chi connectivity index (χ0) is 14.1. The predicted molar refractivity (Wildman–Crippen MR) is 90.3 cm³/mol. The Morgan fingerprint density at radius 1 is 1.40 bits per heavy atom. The van der Waals surface area contributed by atoms with E-state index >= 15 is 0 Å². The van der Waals surface area contributed by atoms with Gasteiger partial charge in [0.05, 0.1) is 12.2 Å². The van der Waals surface area contributed by atoms with Crippen LogP contribution in [0.3, 0.4) is 0 Å². The van der Waals surface area contributed by atoms with Crippen molar-refractivity contribution in [3.63, 3.8) is 0 Å². The van der Waals surface area contributed by atoms with Gasteiger partial charge in [-0.15, -0.1) is 11.3 Å². The summed E-state index contributed by atoms with van der Waals surface area (Å²) in [5.74, 6) is 0. The van der Waals surface area contributed by atoms with Crippen LogP contribution in [0.15, 0.2) is 40.2 Å². The Hall–Kier alpha value is -0.840. The molecule has 4 heteroatoms. The van der Waals surface area contributed by atoms with Gasteiger partial charge in [0.2, 0.25) is 0 Å². The molecule has 0 spiro atoms. The molecule has 1 aromatic carbocycles. The van der Waals surface area contributed by atoms with Crippen molar-refractivity contribution in [1.29, 1.82) is 0 Å². The van der Waals surface area contributed by atoms with Gasteiger partial charge in [0, 0.05) is 21.4 Å². The normalized spacial score (nSPS) is 16.1. The highest BCUT2D eigenvalue weighted by atomic mass is 79.9. The van der Waals surface area contributed by atoms with Gasteiger partial charge in [-0.05, 0) is 64.8 Å². The molecule has 1 aliphatic carbocycles. The van der Waals surface area contributed by atoms with E-state index in [-0.39, 0.29) is 6.04 Å². The molecule has 0 amide bonds. The Balaban J connectivity index is 1.87. The molecule has 1 aliphatic rings. The fourth-order valence-corrected chi connectivity index (χ4v) is 3.73. The van der Waals surface area contributed by atoms with E-state index in [2.05, 4.69) is 56.5 Å². The summed E-state index contributed by atoms with van der Waals surface area (Å²) in [5, 5.41) is 2.15. The molecule has 20 heavy (non-hydrogen) atoms. The zero-order valence-corrected chi connectivity index (χ0v) is 14.0. The van der Waals surface area contributed by atoms with E-state index in [1.165, 1.54) is 29.0 Å². The van der Waals surface area contributed by atoms with Gasteiger partial charge in [0.1, 0.15) is 0 Å². The Morgan fingerprint density at radius 2 is 2.20 bits per heavy atom. The third-order valence-corrected chi connectivity index (χ3v) is 5.20. The maximum atomic E-state index is 5.96. The van der Waals surface area contributed by atoms with Crippen molar-refractivity contribution >= 4 is 33.0 Å². The fraction of sp³-hybridized carbons (Fsp3) is 0.375.